The van der Waals surface area contributed by atoms with Crippen LogP contribution in [-0.2, 0) is 0 Å². The first kappa shape index (κ1) is 7.74. The number of alkyl halides is 2. The van der Waals surface area contributed by atoms with Crippen LogP contribution in [0.15, 0.2) is 30.3 Å². The van der Waals surface area contributed by atoms with E-state index in [1.165, 1.54) is 0 Å². The Morgan fingerprint density at radius 3 is 2.27 bits per heavy atom. The second-order valence-corrected chi connectivity index (χ2v) is 1.94. The van der Waals surface area contributed by atoms with Gasteiger partial charge in [0.05, 0.1) is 0 Å². The second kappa shape index (κ2) is 3.72. The van der Waals surface area contributed by atoms with E-state index in [0.29, 0.717) is 5.56 Å². The second-order valence-electron chi connectivity index (χ2n) is 1.94. The van der Waals surface area contributed by atoms with E-state index in [1.807, 2.05) is 6.07 Å². The van der Waals surface area contributed by atoms with Crippen LogP contribution in [0.25, 0.3) is 0 Å². The maximum atomic E-state index is 11.5. The van der Waals surface area contributed by atoms with Gasteiger partial charge in [0.1, 0.15) is 0 Å². The highest BCUT2D eigenvalue weighted by atomic mass is 19.3. The Kier molecular flexibility index (Phi) is 2.62. The topological polar surface area (TPSA) is 0 Å². The van der Waals surface area contributed by atoms with Gasteiger partial charge in [0.25, 0.3) is 6.43 Å². The molecule has 0 bridgehead atoms. The fourth-order valence-electron chi connectivity index (χ4n) is 0.659. The van der Waals surface area contributed by atoms with Gasteiger partial charge in [-0.1, -0.05) is 24.1 Å². The van der Waals surface area contributed by atoms with Crippen molar-refractivity contribution in [2.24, 2.45) is 0 Å². The molecule has 0 heterocycles. The lowest BCUT2D eigenvalue weighted by Gasteiger charge is -1.85. The number of hydrogen-bond donors (Lipinski definition) is 0. The molecule has 0 fully saturated rings. The Labute approximate surface area is 63.9 Å². The molecule has 11 heavy (non-hydrogen) atoms. The maximum absolute atomic E-state index is 11.5. The first-order chi connectivity index (χ1) is 5.29. The first-order valence-electron chi connectivity index (χ1n) is 3.14. The van der Waals surface area contributed by atoms with E-state index in [4.69, 9.17) is 0 Å². The molecule has 1 aromatic carbocycles. The van der Waals surface area contributed by atoms with Crippen LogP contribution in [-0.4, -0.2) is 6.43 Å². The van der Waals surface area contributed by atoms with Crippen LogP contribution in [0, 0.1) is 11.8 Å². The molecule has 0 saturated carbocycles. The molecular weight excluding hydrogens is 146 g/mol. The summed E-state index contributed by atoms with van der Waals surface area (Å²) in [6, 6.07) is 8.71. The molecule has 56 valence electrons. The van der Waals surface area contributed by atoms with Crippen LogP contribution < -0.4 is 0 Å². The van der Waals surface area contributed by atoms with Gasteiger partial charge in [0.15, 0.2) is 0 Å². The molecule has 0 aliphatic carbocycles. The largest absolute Gasteiger partial charge is 0.299 e. The van der Waals surface area contributed by atoms with E-state index < -0.39 is 6.43 Å². The molecule has 1 rings (SSSR count). The predicted molar refractivity (Wildman–Crippen MR) is 39.3 cm³/mol. The van der Waals surface area contributed by atoms with E-state index in [-0.39, 0.29) is 0 Å². The Morgan fingerprint density at radius 1 is 1.09 bits per heavy atom. The van der Waals surface area contributed by atoms with Crippen molar-refractivity contribution in [2.45, 2.75) is 6.43 Å². The molecule has 0 atom stereocenters. The average molecular weight is 152 g/mol. The molecule has 0 aromatic heterocycles. The molecule has 1 aromatic rings. The van der Waals surface area contributed by atoms with Gasteiger partial charge in [-0.15, -0.1) is 0 Å². The number of benzene rings is 1. The third-order valence-electron chi connectivity index (χ3n) is 1.10. The molecule has 0 N–H and O–H groups in total. The van der Waals surface area contributed by atoms with Gasteiger partial charge < -0.3 is 0 Å². The summed E-state index contributed by atoms with van der Waals surface area (Å²) in [7, 11) is 0. The molecule has 0 aliphatic heterocycles. The molecule has 0 aliphatic rings. The summed E-state index contributed by atoms with van der Waals surface area (Å²) in [5, 5.41) is 0. The normalized spacial score (nSPS) is 9.00. The third-order valence-corrected chi connectivity index (χ3v) is 1.10. The van der Waals surface area contributed by atoms with E-state index in [9.17, 15) is 8.78 Å². The zero-order chi connectivity index (χ0) is 8.10. The predicted octanol–water partition coefficient (Wildman–Crippen LogP) is 2.30. The smallest absolute Gasteiger partial charge is 0.196 e. The Hall–Kier alpha value is -1.36. The molecule has 0 radical (unpaired) electrons. The highest BCUT2D eigenvalue weighted by Gasteiger charge is 1.90. The minimum atomic E-state index is -2.55. The van der Waals surface area contributed by atoms with Gasteiger partial charge in [-0.2, -0.15) is 8.78 Å². The number of halogens is 2. The maximum Gasteiger partial charge on any atom is 0.299 e. The molecule has 0 saturated heterocycles. The monoisotopic (exact) mass is 152 g/mol. The van der Waals surface area contributed by atoms with E-state index in [1.54, 1.807) is 30.2 Å². The van der Waals surface area contributed by atoms with Crippen molar-refractivity contribution in [2.75, 3.05) is 0 Å². The van der Waals surface area contributed by atoms with Crippen molar-refractivity contribution in [1.82, 2.24) is 0 Å². The molecular formula is C9H6F2. The van der Waals surface area contributed by atoms with Gasteiger partial charge >= 0.3 is 0 Å². The summed E-state index contributed by atoms with van der Waals surface area (Å²) in [4.78, 5) is 0. The molecule has 0 spiro atoms. The van der Waals surface area contributed by atoms with Gasteiger partial charge in [0.2, 0.25) is 0 Å². The van der Waals surface area contributed by atoms with Gasteiger partial charge in [0, 0.05) is 5.56 Å². The van der Waals surface area contributed by atoms with Crippen LogP contribution in [0.2, 0.25) is 0 Å². The SMILES string of the molecule is FC(F)C#Cc1ccccc1. The van der Waals surface area contributed by atoms with Crippen molar-refractivity contribution in [3.63, 3.8) is 0 Å². The van der Waals surface area contributed by atoms with Crippen molar-refractivity contribution in [3.8, 4) is 11.8 Å². The highest BCUT2D eigenvalue weighted by molar-refractivity contribution is 5.33. The van der Waals surface area contributed by atoms with Gasteiger partial charge in [-0.25, -0.2) is 0 Å². The van der Waals surface area contributed by atoms with E-state index in [2.05, 4.69) is 5.92 Å². The van der Waals surface area contributed by atoms with Gasteiger partial charge in [-0.05, 0) is 18.1 Å². The van der Waals surface area contributed by atoms with E-state index in [0.717, 1.165) is 0 Å². The third kappa shape index (κ3) is 2.81. The van der Waals surface area contributed by atoms with Crippen molar-refractivity contribution in [1.29, 1.82) is 0 Å². The zero-order valence-electron chi connectivity index (χ0n) is 5.72. The van der Waals surface area contributed by atoms with E-state index >= 15 is 0 Å². The number of rotatable bonds is 0. The summed E-state index contributed by atoms with van der Waals surface area (Å²) in [5.74, 6) is 4.12. The minimum Gasteiger partial charge on any atom is -0.196 e. The number of hydrogen-bond acceptors (Lipinski definition) is 0. The van der Waals surface area contributed by atoms with Crippen LogP contribution in [0.4, 0.5) is 8.78 Å². The van der Waals surface area contributed by atoms with Crippen molar-refractivity contribution >= 4 is 0 Å². The Morgan fingerprint density at radius 2 is 1.73 bits per heavy atom. The van der Waals surface area contributed by atoms with Crippen molar-refractivity contribution in [3.05, 3.63) is 35.9 Å². The zero-order valence-corrected chi connectivity index (χ0v) is 5.72. The lowest BCUT2D eigenvalue weighted by molar-refractivity contribution is 0.215. The summed E-state index contributed by atoms with van der Waals surface area (Å²) >= 11 is 0. The quantitative estimate of drug-likeness (QED) is 0.500. The summed E-state index contributed by atoms with van der Waals surface area (Å²) in [5.41, 5.74) is 0.618. The fourth-order valence-corrected chi connectivity index (χ4v) is 0.659. The lowest BCUT2D eigenvalue weighted by atomic mass is 10.2. The summed E-state index contributed by atoms with van der Waals surface area (Å²) < 4.78 is 23.1. The van der Waals surface area contributed by atoms with Crippen LogP contribution >= 0.6 is 0 Å². The van der Waals surface area contributed by atoms with Crippen LogP contribution in [0.1, 0.15) is 5.56 Å². The Bertz CT molecular complexity index is 267. The highest BCUT2D eigenvalue weighted by Crippen LogP contribution is 1.96. The lowest BCUT2D eigenvalue weighted by Crippen LogP contribution is -1.81. The summed E-state index contributed by atoms with van der Waals surface area (Å²) in [6.45, 7) is 0. The van der Waals surface area contributed by atoms with Crippen LogP contribution in [0.5, 0.6) is 0 Å². The van der Waals surface area contributed by atoms with Crippen molar-refractivity contribution < 1.29 is 8.78 Å². The average Bonchev–Trinajstić information content (AvgIpc) is 2.03. The Balaban J connectivity index is 2.75. The standard InChI is InChI=1S/C9H6F2/c10-9(11)7-6-8-4-2-1-3-5-8/h1-5,9H. The fraction of sp³-hybridized carbons (Fsp3) is 0.111. The minimum absolute atomic E-state index is 0.618. The summed E-state index contributed by atoms with van der Waals surface area (Å²) in [6.07, 6.45) is -2.55. The molecule has 0 unspecified atom stereocenters. The van der Waals surface area contributed by atoms with Gasteiger partial charge in [-0.3, -0.25) is 0 Å². The molecule has 0 amide bonds. The molecule has 2 heteroatoms. The first-order valence-corrected chi connectivity index (χ1v) is 3.14. The molecule has 0 nitrogen and oxygen atoms in total. The van der Waals surface area contributed by atoms with Crippen LogP contribution in [0.3, 0.4) is 0 Å².